The molecule has 0 aliphatic heterocycles. The highest BCUT2D eigenvalue weighted by Gasteiger charge is 2.40. The fourth-order valence-corrected chi connectivity index (χ4v) is 3.06. The monoisotopic (exact) mass is 401 g/mol. The van der Waals surface area contributed by atoms with Gasteiger partial charge in [-0.25, -0.2) is 8.89 Å². The van der Waals surface area contributed by atoms with Gasteiger partial charge in [-0.1, -0.05) is 11.6 Å². The van der Waals surface area contributed by atoms with E-state index in [0.29, 0.717) is 16.9 Å². The Morgan fingerprint density at radius 1 is 1.24 bits per heavy atom. The maximum absolute atomic E-state index is 12.8. The van der Waals surface area contributed by atoms with Crippen LogP contribution in [0.3, 0.4) is 0 Å². The highest BCUT2D eigenvalue weighted by atomic mass is 35.5. The van der Waals surface area contributed by atoms with Crippen molar-refractivity contribution in [2.45, 2.75) is 23.5 Å². The van der Waals surface area contributed by atoms with Crippen LogP contribution in [0.1, 0.15) is 16.8 Å². The Kier molecular flexibility index (Phi) is 4.89. The van der Waals surface area contributed by atoms with Crippen LogP contribution in [0.4, 0.5) is 26.3 Å². The minimum atomic E-state index is -5.13. The summed E-state index contributed by atoms with van der Waals surface area (Å²) < 4.78 is 88.2. The van der Waals surface area contributed by atoms with Crippen molar-refractivity contribution in [3.05, 3.63) is 40.2 Å². The summed E-state index contributed by atoms with van der Waals surface area (Å²) in [6.45, 7) is 1.24. The first kappa shape index (κ1) is 19.3. The minimum absolute atomic E-state index is 0.0452. The van der Waals surface area contributed by atoms with Gasteiger partial charge < -0.3 is 0 Å². The molecule has 0 aliphatic rings. The summed E-state index contributed by atoms with van der Waals surface area (Å²) in [4.78, 5) is -0.912. The summed E-state index contributed by atoms with van der Waals surface area (Å²) in [6.07, 6.45) is -4.01. The zero-order valence-electron chi connectivity index (χ0n) is 12.0. The lowest BCUT2D eigenvalue weighted by Gasteiger charge is -2.13. The van der Waals surface area contributed by atoms with Gasteiger partial charge in [-0.05, 0) is 24.6 Å². The number of benzene rings is 1. The quantitative estimate of drug-likeness (QED) is 0.703. The Labute approximate surface area is 144 Å². The van der Waals surface area contributed by atoms with Gasteiger partial charge in [0, 0.05) is 6.20 Å². The molecule has 1 aromatic heterocycles. The predicted molar refractivity (Wildman–Crippen MR) is 75.5 cm³/mol. The topological polar surface area (TPSA) is 58.7 Å². The van der Waals surface area contributed by atoms with Crippen molar-refractivity contribution in [1.82, 2.24) is 9.78 Å². The van der Waals surface area contributed by atoms with Crippen LogP contribution in [0.15, 0.2) is 23.2 Å². The van der Waals surface area contributed by atoms with Gasteiger partial charge in [-0.2, -0.15) is 36.7 Å². The average molecular weight is 402 g/mol. The second-order valence-corrected chi connectivity index (χ2v) is 6.58. The molecule has 134 valence electrons. The van der Waals surface area contributed by atoms with Crippen molar-refractivity contribution in [3.63, 3.8) is 0 Å². The van der Waals surface area contributed by atoms with Crippen LogP contribution < -0.4 is 0 Å². The maximum atomic E-state index is 12.8. The third-order valence-corrected chi connectivity index (χ3v) is 4.41. The number of aryl methyl sites for hydroxylation is 1. The standard InChI is InChI=1S/C13H6ClF6N3OS/c1-6-2-7(12(15,16)17)3-8(14)11(6)23-5-10(9(4-21)22-23)25(24)13(18,19)20/h2-3,5H,1H3. The lowest BCUT2D eigenvalue weighted by Crippen LogP contribution is -2.16. The molecule has 0 aliphatic carbocycles. The number of nitriles is 1. The minimum Gasteiger partial charge on any atom is -0.245 e. The summed E-state index contributed by atoms with van der Waals surface area (Å²) >= 11 is 5.81. The highest BCUT2D eigenvalue weighted by molar-refractivity contribution is 7.86. The smallest absolute Gasteiger partial charge is 0.245 e. The number of rotatable bonds is 2. The fourth-order valence-electron chi connectivity index (χ4n) is 2.00. The van der Waals surface area contributed by atoms with E-state index in [-0.39, 0.29) is 11.3 Å². The first-order chi connectivity index (χ1) is 11.4. The van der Waals surface area contributed by atoms with Gasteiger partial charge in [0.2, 0.25) is 0 Å². The first-order valence-corrected chi connectivity index (χ1v) is 7.75. The second-order valence-electron chi connectivity index (χ2n) is 4.73. The highest BCUT2D eigenvalue weighted by Crippen LogP contribution is 2.36. The number of hydrogen-bond donors (Lipinski definition) is 0. The Bertz CT molecular complexity index is 874. The summed E-state index contributed by atoms with van der Waals surface area (Å²) in [6, 6.07) is 2.68. The summed E-state index contributed by atoms with van der Waals surface area (Å²) in [5.41, 5.74) is -7.15. The largest absolute Gasteiger partial charge is 0.476 e. The Balaban J connectivity index is 2.64. The summed E-state index contributed by atoms with van der Waals surface area (Å²) in [7, 11) is -3.53. The van der Waals surface area contributed by atoms with Crippen molar-refractivity contribution in [3.8, 4) is 11.8 Å². The lowest BCUT2D eigenvalue weighted by atomic mass is 10.1. The van der Waals surface area contributed by atoms with Gasteiger partial charge in [-0.3, -0.25) is 0 Å². The van der Waals surface area contributed by atoms with Crippen molar-refractivity contribution in [1.29, 1.82) is 5.26 Å². The van der Waals surface area contributed by atoms with Gasteiger partial charge in [0.05, 0.1) is 16.3 Å². The molecule has 0 bridgehead atoms. The fraction of sp³-hybridized carbons (Fsp3) is 0.231. The molecule has 0 amide bonds. The molecule has 0 saturated carbocycles. The van der Waals surface area contributed by atoms with Gasteiger partial charge in [-0.15, -0.1) is 0 Å². The van der Waals surface area contributed by atoms with Gasteiger partial charge in [0.15, 0.2) is 16.5 Å². The van der Waals surface area contributed by atoms with Gasteiger partial charge in [0.25, 0.3) is 0 Å². The van der Waals surface area contributed by atoms with Crippen LogP contribution in [0, 0.1) is 18.3 Å². The molecule has 2 rings (SSSR count). The summed E-state index contributed by atoms with van der Waals surface area (Å²) in [5, 5.41) is 12.0. The Morgan fingerprint density at radius 2 is 1.84 bits per heavy atom. The van der Waals surface area contributed by atoms with Crippen LogP contribution in [0.5, 0.6) is 0 Å². The van der Waals surface area contributed by atoms with E-state index in [0.717, 1.165) is 6.07 Å². The molecule has 25 heavy (non-hydrogen) atoms. The van der Waals surface area contributed by atoms with E-state index in [1.54, 1.807) is 0 Å². The zero-order chi connectivity index (χ0) is 19.2. The van der Waals surface area contributed by atoms with Crippen LogP contribution in [0.2, 0.25) is 5.02 Å². The van der Waals surface area contributed by atoms with Crippen LogP contribution in [-0.4, -0.2) is 19.5 Å². The van der Waals surface area contributed by atoms with Gasteiger partial charge >= 0.3 is 11.7 Å². The van der Waals surface area contributed by atoms with Crippen LogP contribution >= 0.6 is 11.6 Å². The third-order valence-electron chi connectivity index (χ3n) is 3.01. The normalized spacial score (nSPS) is 13.6. The van der Waals surface area contributed by atoms with Gasteiger partial charge in [0.1, 0.15) is 11.0 Å². The van der Waals surface area contributed by atoms with Crippen molar-refractivity contribution in [2.24, 2.45) is 0 Å². The lowest BCUT2D eigenvalue weighted by molar-refractivity contribution is -0.137. The Morgan fingerprint density at radius 3 is 2.28 bits per heavy atom. The molecule has 1 heterocycles. The average Bonchev–Trinajstić information content (AvgIpc) is 2.87. The second kappa shape index (κ2) is 6.34. The molecule has 0 fully saturated rings. The molecule has 0 spiro atoms. The molecule has 0 saturated heterocycles. The molecule has 1 unspecified atom stereocenters. The van der Waals surface area contributed by atoms with Crippen molar-refractivity contribution >= 4 is 22.4 Å². The molecular weight excluding hydrogens is 396 g/mol. The first-order valence-electron chi connectivity index (χ1n) is 6.22. The van der Waals surface area contributed by atoms with E-state index in [1.165, 1.54) is 13.0 Å². The van der Waals surface area contributed by atoms with E-state index in [9.17, 15) is 30.6 Å². The van der Waals surface area contributed by atoms with Crippen molar-refractivity contribution < 1.29 is 30.6 Å². The molecule has 0 N–H and O–H groups in total. The summed E-state index contributed by atoms with van der Waals surface area (Å²) in [5.74, 6) is 0. The number of halogens is 7. The molecule has 4 nitrogen and oxygen atoms in total. The SMILES string of the molecule is Cc1cc(C(F)(F)F)cc(Cl)c1-n1cc(S(=O)C(F)(F)F)c(C#N)n1. The third kappa shape index (κ3) is 3.80. The van der Waals surface area contributed by atoms with E-state index in [4.69, 9.17) is 16.9 Å². The van der Waals surface area contributed by atoms with E-state index in [2.05, 4.69) is 5.10 Å². The maximum Gasteiger partial charge on any atom is 0.476 e. The number of alkyl halides is 6. The van der Waals surface area contributed by atoms with Crippen molar-refractivity contribution in [2.75, 3.05) is 0 Å². The molecule has 0 radical (unpaired) electrons. The molecule has 1 aromatic carbocycles. The Hall–Kier alpha value is -2.06. The van der Waals surface area contributed by atoms with E-state index < -0.39 is 43.7 Å². The number of nitrogens with zero attached hydrogens (tertiary/aromatic N) is 3. The van der Waals surface area contributed by atoms with E-state index >= 15 is 0 Å². The predicted octanol–water partition coefficient (Wildman–Crippen LogP) is 4.35. The number of aromatic nitrogens is 2. The molecule has 2 aromatic rings. The van der Waals surface area contributed by atoms with Crippen LogP contribution in [0.25, 0.3) is 5.69 Å². The molecule has 12 heteroatoms. The zero-order valence-corrected chi connectivity index (χ0v) is 13.6. The number of hydrogen-bond acceptors (Lipinski definition) is 3. The molecular formula is C13H6ClF6N3OS. The molecule has 1 atom stereocenters. The van der Waals surface area contributed by atoms with E-state index in [1.807, 2.05) is 0 Å². The van der Waals surface area contributed by atoms with Crippen LogP contribution in [-0.2, 0) is 17.0 Å².